The Kier molecular flexibility index (Phi) is 6.74. The zero-order valence-electron chi connectivity index (χ0n) is 17.7. The lowest BCUT2D eigenvalue weighted by Crippen LogP contribution is -2.54. The summed E-state index contributed by atoms with van der Waals surface area (Å²) in [6, 6.07) is 20.7. The molecule has 34 heavy (non-hydrogen) atoms. The fourth-order valence-electron chi connectivity index (χ4n) is 3.21. The third kappa shape index (κ3) is 5.33. The first-order valence-corrected chi connectivity index (χ1v) is 10.6. The number of anilines is 2. The monoisotopic (exact) mass is 475 g/mol. The molecule has 1 saturated heterocycles. The minimum absolute atomic E-state index is 0.00241. The van der Waals surface area contributed by atoms with Crippen LogP contribution in [0.4, 0.5) is 15.8 Å². The van der Waals surface area contributed by atoms with Gasteiger partial charge in [0.2, 0.25) is 0 Å². The predicted molar refractivity (Wildman–Crippen MR) is 130 cm³/mol. The van der Waals surface area contributed by atoms with Crippen molar-refractivity contribution < 1.29 is 23.5 Å². The first-order chi connectivity index (χ1) is 16.4. The summed E-state index contributed by atoms with van der Waals surface area (Å²) in [5.41, 5.74) is 1.41. The van der Waals surface area contributed by atoms with E-state index < -0.39 is 23.5 Å². The van der Waals surface area contributed by atoms with E-state index in [1.54, 1.807) is 48.5 Å². The molecule has 1 aliphatic heterocycles. The highest BCUT2D eigenvalue weighted by atomic mass is 32.1. The lowest BCUT2D eigenvalue weighted by molar-refractivity contribution is -0.122. The molecule has 7 nitrogen and oxygen atoms in total. The van der Waals surface area contributed by atoms with Crippen LogP contribution in [0, 0.1) is 5.82 Å². The number of hydrogen-bond donors (Lipinski definition) is 2. The summed E-state index contributed by atoms with van der Waals surface area (Å²) in [5, 5.41) is 5.13. The van der Waals surface area contributed by atoms with E-state index in [1.807, 2.05) is 6.07 Å². The minimum atomic E-state index is -0.604. The molecular formula is C25H18FN3O4S. The van der Waals surface area contributed by atoms with Gasteiger partial charge in [0.05, 0.1) is 5.69 Å². The second-order valence-electron chi connectivity index (χ2n) is 7.21. The quantitative estimate of drug-likeness (QED) is 0.323. The van der Waals surface area contributed by atoms with Crippen molar-refractivity contribution >= 4 is 52.5 Å². The Bertz CT molecular complexity index is 1290. The van der Waals surface area contributed by atoms with Crippen LogP contribution >= 0.6 is 12.2 Å². The van der Waals surface area contributed by atoms with Crippen molar-refractivity contribution in [3.05, 3.63) is 95.8 Å². The Balaban J connectivity index is 1.47. The molecule has 0 spiro atoms. The van der Waals surface area contributed by atoms with Crippen LogP contribution in [0.5, 0.6) is 5.75 Å². The summed E-state index contributed by atoms with van der Waals surface area (Å²) < 4.78 is 18.5. The van der Waals surface area contributed by atoms with Gasteiger partial charge >= 0.3 is 0 Å². The molecule has 0 aromatic heterocycles. The van der Waals surface area contributed by atoms with Gasteiger partial charge < -0.3 is 10.1 Å². The molecule has 1 fully saturated rings. The van der Waals surface area contributed by atoms with Gasteiger partial charge in [0.25, 0.3) is 17.7 Å². The van der Waals surface area contributed by atoms with E-state index in [0.717, 1.165) is 0 Å². The van der Waals surface area contributed by atoms with Crippen molar-refractivity contribution in [2.75, 3.05) is 16.8 Å². The summed E-state index contributed by atoms with van der Waals surface area (Å²) in [4.78, 5) is 38.9. The van der Waals surface area contributed by atoms with Gasteiger partial charge in [-0.3, -0.25) is 24.6 Å². The second kappa shape index (κ2) is 10.1. The second-order valence-corrected chi connectivity index (χ2v) is 7.60. The van der Waals surface area contributed by atoms with Crippen LogP contribution in [0.3, 0.4) is 0 Å². The van der Waals surface area contributed by atoms with Gasteiger partial charge in [-0.2, -0.15) is 0 Å². The number of nitrogens with zero attached hydrogens (tertiary/aromatic N) is 1. The summed E-state index contributed by atoms with van der Waals surface area (Å²) in [7, 11) is 0. The summed E-state index contributed by atoms with van der Waals surface area (Å²) in [5.74, 6) is -1.62. The number of benzene rings is 3. The third-order valence-corrected chi connectivity index (χ3v) is 5.07. The highest BCUT2D eigenvalue weighted by molar-refractivity contribution is 7.80. The first kappa shape index (κ1) is 22.8. The topological polar surface area (TPSA) is 87.7 Å². The fourth-order valence-corrected chi connectivity index (χ4v) is 3.49. The molecule has 0 bridgehead atoms. The number of nitrogens with one attached hydrogen (secondary N) is 2. The molecule has 0 aliphatic carbocycles. The van der Waals surface area contributed by atoms with E-state index in [0.29, 0.717) is 22.7 Å². The molecule has 3 aromatic carbocycles. The zero-order chi connectivity index (χ0) is 24.1. The molecule has 9 heteroatoms. The molecule has 3 aromatic rings. The van der Waals surface area contributed by atoms with E-state index in [1.165, 1.54) is 35.2 Å². The molecule has 1 heterocycles. The molecule has 0 radical (unpaired) electrons. The standard InChI is InChI=1S/C25H18FN3O4S/c26-17-9-11-18(12-10-17)27-22(30)15-33-20-8-4-5-16(13-20)14-21-23(31)28-25(34)29(24(21)32)19-6-2-1-3-7-19/h1-14H,15H2,(H,27,30)(H,28,31,34)/b21-14-. The minimum Gasteiger partial charge on any atom is -0.484 e. The van der Waals surface area contributed by atoms with Crippen LogP contribution < -0.4 is 20.3 Å². The molecule has 170 valence electrons. The molecule has 3 amide bonds. The van der Waals surface area contributed by atoms with Crippen LogP contribution in [0.2, 0.25) is 0 Å². The van der Waals surface area contributed by atoms with Gasteiger partial charge in [0.1, 0.15) is 17.1 Å². The number of ether oxygens (including phenoxy) is 1. The number of halogens is 1. The van der Waals surface area contributed by atoms with Crippen LogP contribution in [-0.2, 0) is 14.4 Å². The molecule has 0 saturated carbocycles. The maximum absolute atomic E-state index is 13.0. The number of rotatable bonds is 6. The van der Waals surface area contributed by atoms with E-state index >= 15 is 0 Å². The number of para-hydroxylation sites is 1. The molecule has 4 rings (SSSR count). The van der Waals surface area contributed by atoms with Crippen LogP contribution in [0.1, 0.15) is 5.56 Å². The van der Waals surface area contributed by atoms with Crippen molar-refractivity contribution in [1.29, 1.82) is 0 Å². The molecule has 1 aliphatic rings. The number of thiocarbonyl (C=S) groups is 1. The Morgan fingerprint density at radius 3 is 2.50 bits per heavy atom. The number of carbonyl (C=O) groups excluding carboxylic acids is 3. The average Bonchev–Trinajstić information content (AvgIpc) is 2.83. The average molecular weight is 476 g/mol. The highest BCUT2D eigenvalue weighted by Crippen LogP contribution is 2.23. The van der Waals surface area contributed by atoms with Crippen molar-refractivity contribution in [3.8, 4) is 5.75 Å². The fraction of sp³-hybridized carbons (Fsp3) is 0.0400. The van der Waals surface area contributed by atoms with Gasteiger partial charge in [-0.25, -0.2) is 4.39 Å². The summed E-state index contributed by atoms with van der Waals surface area (Å²) in [6.07, 6.45) is 1.43. The van der Waals surface area contributed by atoms with Crippen molar-refractivity contribution in [1.82, 2.24) is 5.32 Å². The van der Waals surface area contributed by atoms with Gasteiger partial charge in [-0.05, 0) is 72.4 Å². The van der Waals surface area contributed by atoms with Crippen molar-refractivity contribution in [3.63, 3.8) is 0 Å². The van der Waals surface area contributed by atoms with E-state index in [9.17, 15) is 18.8 Å². The van der Waals surface area contributed by atoms with Gasteiger partial charge in [-0.1, -0.05) is 30.3 Å². The van der Waals surface area contributed by atoms with Gasteiger partial charge in [-0.15, -0.1) is 0 Å². The van der Waals surface area contributed by atoms with Crippen LogP contribution in [0.15, 0.2) is 84.4 Å². The highest BCUT2D eigenvalue weighted by Gasteiger charge is 2.34. The van der Waals surface area contributed by atoms with E-state index in [-0.39, 0.29) is 17.3 Å². The number of carbonyl (C=O) groups is 3. The maximum Gasteiger partial charge on any atom is 0.270 e. The van der Waals surface area contributed by atoms with E-state index in [4.69, 9.17) is 17.0 Å². The smallest absolute Gasteiger partial charge is 0.270 e. The largest absolute Gasteiger partial charge is 0.484 e. The number of amides is 3. The first-order valence-electron chi connectivity index (χ1n) is 10.2. The van der Waals surface area contributed by atoms with Gasteiger partial charge in [0, 0.05) is 5.69 Å². The SMILES string of the molecule is O=C(COc1cccc(/C=C2/C(=O)NC(=S)N(c3ccccc3)C2=O)c1)Nc1ccc(F)cc1. The zero-order valence-corrected chi connectivity index (χ0v) is 18.5. The Morgan fingerprint density at radius 2 is 1.76 bits per heavy atom. The van der Waals surface area contributed by atoms with E-state index in [2.05, 4.69) is 10.6 Å². The van der Waals surface area contributed by atoms with Crippen molar-refractivity contribution in [2.24, 2.45) is 0 Å². The van der Waals surface area contributed by atoms with Crippen LogP contribution in [0.25, 0.3) is 6.08 Å². The normalized spacial score (nSPS) is 14.7. The molecule has 0 atom stereocenters. The van der Waals surface area contributed by atoms with Crippen LogP contribution in [-0.4, -0.2) is 29.4 Å². The van der Waals surface area contributed by atoms with Gasteiger partial charge in [0.15, 0.2) is 11.7 Å². The Labute approximate surface area is 199 Å². The maximum atomic E-state index is 13.0. The third-order valence-electron chi connectivity index (χ3n) is 4.78. The Hall–Kier alpha value is -4.37. The lowest BCUT2D eigenvalue weighted by Gasteiger charge is -2.28. The number of hydrogen-bond acceptors (Lipinski definition) is 5. The Morgan fingerprint density at radius 1 is 1.03 bits per heavy atom. The molecule has 0 unspecified atom stereocenters. The molecular weight excluding hydrogens is 457 g/mol. The lowest BCUT2D eigenvalue weighted by atomic mass is 10.1. The molecule has 2 N–H and O–H groups in total. The predicted octanol–water partition coefficient (Wildman–Crippen LogP) is 3.67. The van der Waals surface area contributed by atoms with Crippen molar-refractivity contribution in [2.45, 2.75) is 0 Å². The summed E-state index contributed by atoms with van der Waals surface area (Å²) in [6.45, 7) is -0.285. The summed E-state index contributed by atoms with van der Waals surface area (Å²) >= 11 is 5.18.